The number of nitrogens with two attached hydrogens (primary N) is 1. The van der Waals surface area contributed by atoms with Crippen molar-refractivity contribution in [2.75, 3.05) is 6.54 Å². The summed E-state index contributed by atoms with van der Waals surface area (Å²) >= 11 is 1.40. The molecule has 34 heavy (non-hydrogen) atoms. The molecule has 8 nitrogen and oxygen atoms in total. The zero-order chi connectivity index (χ0) is 24.5. The number of hydrogen-bond donors (Lipinski definition) is 2. The summed E-state index contributed by atoms with van der Waals surface area (Å²) in [6.07, 6.45) is 1.90. The summed E-state index contributed by atoms with van der Waals surface area (Å²) in [5.74, 6) is -0.313. The van der Waals surface area contributed by atoms with Gasteiger partial charge in [-0.3, -0.25) is 14.2 Å². The lowest BCUT2D eigenvalue weighted by Gasteiger charge is -2.09. The molecular weight excluding hydrogens is 472 g/mol. The average molecular weight is 497 g/mol. The van der Waals surface area contributed by atoms with Crippen LogP contribution < -0.4 is 16.0 Å². The number of sulfonamides is 1. The summed E-state index contributed by atoms with van der Waals surface area (Å²) in [6.45, 7) is 4.26. The monoisotopic (exact) mass is 496 g/mol. The SMILES string of the molecule is Cc1ccc(-c2csc3ncn(CC(=O)NCCc4ccc(S(N)(=O)=O)cc4)c(=O)c23)cc1C. The average Bonchev–Trinajstić information content (AvgIpc) is 3.22. The Labute approximate surface area is 201 Å². The Bertz CT molecular complexity index is 1540. The van der Waals surface area contributed by atoms with Crippen molar-refractivity contribution in [3.05, 3.63) is 81.2 Å². The minimum atomic E-state index is -3.74. The van der Waals surface area contributed by atoms with Gasteiger partial charge < -0.3 is 5.32 Å². The van der Waals surface area contributed by atoms with E-state index in [1.165, 1.54) is 39.9 Å². The first-order valence-corrected chi connectivity index (χ1v) is 13.0. The lowest BCUT2D eigenvalue weighted by molar-refractivity contribution is -0.121. The summed E-state index contributed by atoms with van der Waals surface area (Å²) in [4.78, 5) is 30.7. The maximum absolute atomic E-state index is 13.2. The molecule has 0 aliphatic heterocycles. The third kappa shape index (κ3) is 5.09. The first-order valence-electron chi connectivity index (χ1n) is 10.6. The van der Waals surface area contributed by atoms with Crippen molar-refractivity contribution >= 4 is 37.5 Å². The largest absolute Gasteiger partial charge is 0.354 e. The van der Waals surface area contributed by atoms with Crippen LogP contribution in [0.1, 0.15) is 16.7 Å². The number of fused-ring (bicyclic) bond motifs is 1. The van der Waals surface area contributed by atoms with Crippen LogP contribution in [0, 0.1) is 13.8 Å². The molecule has 4 aromatic rings. The topological polar surface area (TPSA) is 124 Å². The summed E-state index contributed by atoms with van der Waals surface area (Å²) < 4.78 is 24.0. The van der Waals surface area contributed by atoms with E-state index >= 15 is 0 Å². The molecule has 0 radical (unpaired) electrons. The highest BCUT2D eigenvalue weighted by Crippen LogP contribution is 2.31. The van der Waals surface area contributed by atoms with E-state index in [1.54, 1.807) is 12.1 Å². The predicted molar refractivity (Wildman–Crippen MR) is 133 cm³/mol. The second-order valence-electron chi connectivity index (χ2n) is 8.10. The van der Waals surface area contributed by atoms with Gasteiger partial charge in [-0.25, -0.2) is 18.5 Å². The van der Waals surface area contributed by atoms with Crippen LogP contribution in [0.15, 0.2) is 63.9 Å². The first-order chi connectivity index (χ1) is 16.1. The number of hydrogen-bond acceptors (Lipinski definition) is 6. The molecule has 0 aliphatic rings. The summed E-state index contributed by atoms with van der Waals surface area (Å²) in [5.41, 5.74) is 4.68. The standard InChI is InChI=1S/C24H24N4O4S2/c1-15-3-6-18(11-16(15)2)20-13-33-23-22(20)24(30)28(14-27-23)12-21(29)26-10-9-17-4-7-19(8-5-17)34(25,31)32/h3-8,11,13-14H,9-10,12H2,1-2H3,(H,26,29)(H2,25,31,32). The van der Waals surface area contributed by atoms with Crippen LogP contribution in [-0.4, -0.2) is 30.4 Å². The minimum absolute atomic E-state index is 0.0381. The molecule has 2 aromatic carbocycles. The Morgan fingerprint density at radius 2 is 1.85 bits per heavy atom. The molecular formula is C24H24N4O4S2. The van der Waals surface area contributed by atoms with Crippen molar-refractivity contribution in [1.29, 1.82) is 0 Å². The number of carbonyl (C=O) groups is 1. The van der Waals surface area contributed by atoms with Crippen LogP contribution in [-0.2, 0) is 27.8 Å². The van der Waals surface area contributed by atoms with Crippen LogP contribution in [0.2, 0.25) is 0 Å². The molecule has 0 spiro atoms. The van der Waals surface area contributed by atoms with Crippen molar-refractivity contribution in [2.24, 2.45) is 5.14 Å². The van der Waals surface area contributed by atoms with Gasteiger partial charge in [-0.2, -0.15) is 0 Å². The van der Waals surface area contributed by atoms with Crippen molar-refractivity contribution in [3.63, 3.8) is 0 Å². The number of carbonyl (C=O) groups excluding carboxylic acids is 1. The van der Waals surface area contributed by atoms with Crippen LogP contribution in [0.5, 0.6) is 0 Å². The molecule has 2 heterocycles. The quantitative estimate of drug-likeness (QED) is 0.407. The minimum Gasteiger partial charge on any atom is -0.354 e. The lowest BCUT2D eigenvalue weighted by atomic mass is 10.0. The maximum atomic E-state index is 13.2. The molecule has 0 saturated carbocycles. The molecule has 4 rings (SSSR count). The van der Waals surface area contributed by atoms with Gasteiger partial charge in [0.05, 0.1) is 16.6 Å². The van der Waals surface area contributed by atoms with E-state index in [4.69, 9.17) is 5.14 Å². The number of amides is 1. The number of rotatable bonds is 7. The fraction of sp³-hybridized carbons (Fsp3) is 0.208. The van der Waals surface area contributed by atoms with Gasteiger partial charge >= 0.3 is 0 Å². The van der Waals surface area contributed by atoms with Gasteiger partial charge in [-0.05, 0) is 54.7 Å². The summed E-state index contributed by atoms with van der Waals surface area (Å²) in [6, 6.07) is 12.2. The van der Waals surface area contributed by atoms with Crippen molar-refractivity contribution in [1.82, 2.24) is 14.9 Å². The van der Waals surface area contributed by atoms with E-state index in [0.717, 1.165) is 22.3 Å². The van der Waals surface area contributed by atoms with Gasteiger partial charge in [-0.1, -0.05) is 30.3 Å². The van der Waals surface area contributed by atoms with Gasteiger partial charge in [0.1, 0.15) is 11.4 Å². The van der Waals surface area contributed by atoms with Crippen molar-refractivity contribution in [2.45, 2.75) is 31.7 Å². The van der Waals surface area contributed by atoms with Gasteiger partial charge in [0, 0.05) is 17.5 Å². The first kappa shape index (κ1) is 23.8. The van der Waals surface area contributed by atoms with E-state index in [9.17, 15) is 18.0 Å². The van der Waals surface area contributed by atoms with E-state index in [1.807, 2.05) is 31.4 Å². The van der Waals surface area contributed by atoms with Gasteiger partial charge in [0.15, 0.2) is 0 Å². The number of thiophene rings is 1. The highest BCUT2D eigenvalue weighted by Gasteiger charge is 2.15. The Morgan fingerprint density at radius 1 is 1.12 bits per heavy atom. The fourth-order valence-corrected chi connectivity index (χ4v) is 5.03. The molecule has 1 amide bonds. The maximum Gasteiger partial charge on any atom is 0.263 e. The summed E-state index contributed by atoms with van der Waals surface area (Å²) in [7, 11) is -3.74. The summed E-state index contributed by atoms with van der Waals surface area (Å²) in [5, 5.41) is 10.3. The predicted octanol–water partition coefficient (Wildman–Crippen LogP) is 2.75. The molecule has 10 heteroatoms. The van der Waals surface area contributed by atoms with Crippen molar-refractivity contribution < 1.29 is 13.2 Å². The Hall–Kier alpha value is -3.34. The third-order valence-electron chi connectivity index (χ3n) is 5.68. The smallest absolute Gasteiger partial charge is 0.263 e. The van der Waals surface area contributed by atoms with Crippen LogP contribution in [0.4, 0.5) is 0 Å². The molecule has 0 aliphatic carbocycles. The Kier molecular flexibility index (Phi) is 6.65. The highest BCUT2D eigenvalue weighted by atomic mass is 32.2. The third-order valence-corrected chi connectivity index (χ3v) is 7.50. The molecule has 2 aromatic heterocycles. The normalized spacial score (nSPS) is 11.6. The molecule has 176 valence electrons. The van der Waals surface area contributed by atoms with E-state index in [0.29, 0.717) is 23.2 Å². The number of aryl methyl sites for hydroxylation is 2. The molecule has 0 fully saturated rings. The zero-order valence-corrected chi connectivity index (χ0v) is 20.4. The van der Waals surface area contributed by atoms with Crippen LogP contribution in [0.25, 0.3) is 21.3 Å². The zero-order valence-electron chi connectivity index (χ0n) is 18.7. The molecule has 3 N–H and O–H groups in total. The second kappa shape index (κ2) is 9.49. The van der Waals surface area contributed by atoms with Gasteiger partial charge in [-0.15, -0.1) is 11.3 Å². The number of nitrogens with zero attached hydrogens (tertiary/aromatic N) is 2. The van der Waals surface area contributed by atoms with E-state index in [-0.39, 0.29) is 22.9 Å². The van der Waals surface area contributed by atoms with Crippen molar-refractivity contribution in [3.8, 4) is 11.1 Å². The molecule has 0 atom stereocenters. The molecule has 0 bridgehead atoms. The lowest BCUT2D eigenvalue weighted by Crippen LogP contribution is -2.33. The Balaban J connectivity index is 1.45. The van der Waals surface area contributed by atoms with E-state index in [2.05, 4.69) is 16.4 Å². The van der Waals surface area contributed by atoms with Crippen LogP contribution >= 0.6 is 11.3 Å². The number of aromatic nitrogens is 2. The molecule has 0 unspecified atom stereocenters. The highest BCUT2D eigenvalue weighted by molar-refractivity contribution is 7.89. The number of benzene rings is 2. The Morgan fingerprint density at radius 3 is 2.53 bits per heavy atom. The fourth-order valence-electron chi connectivity index (χ4n) is 3.60. The number of primary sulfonamides is 1. The van der Waals surface area contributed by atoms with Gasteiger partial charge in [0.25, 0.3) is 5.56 Å². The molecule has 0 saturated heterocycles. The second-order valence-corrected chi connectivity index (χ2v) is 10.5. The van der Waals surface area contributed by atoms with E-state index < -0.39 is 10.0 Å². The van der Waals surface area contributed by atoms with Crippen LogP contribution in [0.3, 0.4) is 0 Å². The number of nitrogens with one attached hydrogen (secondary N) is 1. The van der Waals surface area contributed by atoms with Gasteiger partial charge in [0.2, 0.25) is 15.9 Å².